The van der Waals surface area contributed by atoms with E-state index in [0.29, 0.717) is 0 Å². The predicted molar refractivity (Wildman–Crippen MR) is 59.3 cm³/mol. The summed E-state index contributed by atoms with van der Waals surface area (Å²) in [6.07, 6.45) is 23.5. The normalized spacial score (nSPS) is 25.4. The molecule has 2 rings (SSSR count). The van der Waals surface area contributed by atoms with Gasteiger partial charge in [0.2, 0.25) is 0 Å². The molecule has 0 aliphatic heterocycles. The Hall–Kier alpha value is -0.260. The van der Waals surface area contributed by atoms with Crippen molar-refractivity contribution in [1.82, 2.24) is 0 Å². The monoisotopic (exact) mass is 182 g/mol. The van der Waals surface area contributed by atoms with Crippen molar-refractivity contribution in [2.24, 2.45) is 0 Å². The third kappa shape index (κ3) is 3.15. The fourth-order valence-electron chi connectivity index (χ4n) is 1.54. The van der Waals surface area contributed by atoms with Crippen LogP contribution >= 0.6 is 0 Å². The average Bonchev–Trinajstić information content (AvgIpc) is 2.86. The summed E-state index contributed by atoms with van der Waals surface area (Å²) in [5, 5.41) is 0. The first-order chi connectivity index (χ1) is 6.95. The Balaban J connectivity index is 1.57. The van der Waals surface area contributed by atoms with E-state index in [1.54, 1.807) is 0 Å². The first kappa shape index (κ1) is 10.3. The summed E-state index contributed by atoms with van der Waals surface area (Å²) in [6, 6.07) is 0. The second-order valence-corrected chi connectivity index (χ2v) is 3.47. The first-order valence-electron chi connectivity index (χ1n) is 5.01. The minimum absolute atomic E-state index is 1.05. The zero-order valence-corrected chi connectivity index (χ0v) is 8.19. The minimum Gasteiger partial charge on any atom is -0.0879 e. The summed E-state index contributed by atoms with van der Waals surface area (Å²) in [5.41, 5.74) is 0. The van der Waals surface area contributed by atoms with Gasteiger partial charge in [-0.2, -0.15) is 0 Å². The van der Waals surface area contributed by atoms with Crippen molar-refractivity contribution in [3.63, 3.8) is 0 Å². The lowest BCUT2D eigenvalue weighted by Crippen LogP contribution is -1.90. The van der Waals surface area contributed by atoms with E-state index in [1.165, 1.54) is 11.8 Å². The summed E-state index contributed by atoms with van der Waals surface area (Å²) in [6.45, 7) is 0. The van der Waals surface area contributed by atoms with E-state index in [-0.39, 0.29) is 0 Å². The molecule has 14 heavy (non-hydrogen) atoms. The van der Waals surface area contributed by atoms with E-state index in [0.717, 1.165) is 12.8 Å². The maximum atomic E-state index is 2.24. The van der Waals surface area contributed by atoms with E-state index in [2.05, 4.69) is 63.5 Å². The lowest BCUT2D eigenvalue weighted by Gasteiger charge is -2.04. The van der Waals surface area contributed by atoms with Gasteiger partial charge in [0, 0.05) is 0 Å². The van der Waals surface area contributed by atoms with E-state index in [9.17, 15) is 0 Å². The third-order valence-electron chi connectivity index (χ3n) is 2.34. The molecule has 0 nitrogen and oxygen atoms in total. The van der Waals surface area contributed by atoms with Crippen LogP contribution in [0, 0.1) is 63.2 Å². The zero-order chi connectivity index (χ0) is 9.64. The Morgan fingerprint density at radius 1 is 0.643 bits per heavy atom. The molecule has 0 saturated heterocycles. The molecule has 2 aliphatic carbocycles. The topological polar surface area (TPSA) is 0 Å². The van der Waals surface area contributed by atoms with Gasteiger partial charge >= 0.3 is 0 Å². The third-order valence-corrected chi connectivity index (χ3v) is 2.34. The molecule has 0 aromatic rings. The van der Waals surface area contributed by atoms with Crippen molar-refractivity contribution >= 4 is 0 Å². The molecule has 10 radical (unpaired) electrons. The molecule has 0 atom stereocenters. The molecule has 0 heterocycles. The Morgan fingerprint density at radius 3 is 1.36 bits per heavy atom. The van der Waals surface area contributed by atoms with E-state index in [1.807, 2.05) is 0 Å². The smallest absolute Gasteiger partial charge is 0.0130 e. The second-order valence-electron chi connectivity index (χ2n) is 3.47. The standard InChI is InChI=1S/C14H14/c1-2-8-13(7-1)11-5-6-12-14-9-3-4-10-14/h1-10H,11-12H2/b6-5-. The first-order valence-corrected chi connectivity index (χ1v) is 5.01. The van der Waals surface area contributed by atoms with Crippen LogP contribution in [0.4, 0.5) is 0 Å². The molecule has 0 spiro atoms. The molecular formula is C14H14. The molecule has 0 aromatic carbocycles. The summed E-state index contributed by atoms with van der Waals surface area (Å²) in [5.74, 6) is 2.78. The summed E-state index contributed by atoms with van der Waals surface area (Å²) < 4.78 is 0. The largest absolute Gasteiger partial charge is 0.0879 e. The van der Waals surface area contributed by atoms with Crippen molar-refractivity contribution in [2.45, 2.75) is 12.8 Å². The highest BCUT2D eigenvalue weighted by Crippen LogP contribution is 2.28. The van der Waals surface area contributed by atoms with Crippen LogP contribution in [0.25, 0.3) is 0 Å². The van der Waals surface area contributed by atoms with Crippen LogP contribution in [-0.2, 0) is 0 Å². The van der Waals surface area contributed by atoms with Crippen LogP contribution in [0.15, 0.2) is 12.2 Å². The summed E-state index contributed by atoms with van der Waals surface area (Å²) >= 11 is 0. The lowest BCUT2D eigenvalue weighted by atomic mass is 10.0. The van der Waals surface area contributed by atoms with Crippen molar-refractivity contribution in [3.8, 4) is 0 Å². The molecule has 0 N–H and O–H groups in total. The van der Waals surface area contributed by atoms with E-state index in [4.69, 9.17) is 0 Å². The highest BCUT2D eigenvalue weighted by atomic mass is 14.2. The average molecular weight is 182 g/mol. The van der Waals surface area contributed by atoms with Crippen LogP contribution in [0.1, 0.15) is 12.8 Å². The van der Waals surface area contributed by atoms with Crippen LogP contribution in [0.3, 0.4) is 0 Å². The fourth-order valence-corrected chi connectivity index (χ4v) is 1.54. The molecule has 70 valence electrons. The molecule has 0 heteroatoms. The van der Waals surface area contributed by atoms with Crippen molar-refractivity contribution < 1.29 is 0 Å². The van der Waals surface area contributed by atoms with Gasteiger partial charge in [-0.25, -0.2) is 0 Å². The van der Waals surface area contributed by atoms with Crippen molar-refractivity contribution in [2.75, 3.05) is 0 Å². The highest BCUT2D eigenvalue weighted by molar-refractivity contribution is 5.38. The number of hydrogen-bond donors (Lipinski definition) is 0. The Labute approximate surface area is 88.8 Å². The number of allylic oxidation sites excluding steroid dienone is 2. The van der Waals surface area contributed by atoms with E-state index >= 15 is 0 Å². The quantitative estimate of drug-likeness (QED) is 0.586. The molecule has 0 aromatic heterocycles. The number of rotatable bonds is 4. The van der Waals surface area contributed by atoms with Gasteiger partial charge in [-0.15, -0.1) is 0 Å². The molecule has 2 aliphatic rings. The van der Waals surface area contributed by atoms with Crippen LogP contribution in [-0.4, -0.2) is 0 Å². The van der Waals surface area contributed by atoms with Crippen LogP contribution < -0.4 is 0 Å². The molecular weight excluding hydrogens is 168 g/mol. The highest BCUT2D eigenvalue weighted by Gasteiger charge is 2.16. The second kappa shape index (κ2) is 5.58. The molecule has 0 unspecified atom stereocenters. The van der Waals surface area contributed by atoms with Gasteiger partial charge in [0.1, 0.15) is 0 Å². The minimum atomic E-state index is 1.05. The van der Waals surface area contributed by atoms with Crippen molar-refractivity contribution in [3.05, 3.63) is 75.4 Å². The Kier molecular flexibility index (Phi) is 4.09. The summed E-state index contributed by atoms with van der Waals surface area (Å²) in [7, 11) is 0. The molecule has 0 bridgehead atoms. The molecule has 2 fully saturated rings. The van der Waals surface area contributed by atoms with Gasteiger partial charge in [-0.3, -0.25) is 0 Å². The fraction of sp³-hybridized carbons (Fsp3) is 0.143. The maximum absolute atomic E-state index is 2.24. The number of hydrogen-bond acceptors (Lipinski definition) is 0. The summed E-state index contributed by atoms with van der Waals surface area (Å²) in [4.78, 5) is 0. The van der Waals surface area contributed by atoms with Gasteiger partial charge in [0.05, 0.1) is 0 Å². The Morgan fingerprint density at radius 2 is 1.00 bits per heavy atom. The SMILES string of the molecule is [CH]1[CH][CH][C](C/C=C\C[C]2[CH][CH][CH][CH]2)[CH]1. The molecule has 0 amide bonds. The zero-order valence-electron chi connectivity index (χ0n) is 8.19. The van der Waals surface area contributed by atoms with Crippen LogP contribution in [0.2, 0.25) is 0 Å². The van der Waals surface area contributed by atoms with Gasteiger partial charge in [0.15, 0.2) is 0 Å². The van der Waals surface area contributed by atoms with Gasteiger partial charge in [-0.1, -0.05) is 12.2 Å². The maximum Gasteiger partial charge on any atom is -0.0130 e. The predicted octanol–water partition coefficient (Wildman–Crippen LogP) is 3.13. The van der Waals surface area contributed by atoms with Crippen LogP contribution in [0.5, 0.6) is 0 Å². The van der Waals surface area contributed by atoms with E-state index < -0.39 is 0 Å². The van der Waals surface area contributed by atoms with Gasteiger partial charge in [0.25, 0.3) is 0 Å². The lowest BCUT2D eigenvalue weighted by molar-refractivity contribution is 1.05. The molecule has 2 saturated carbocycles. The van der Waals surface area contributed by atoms with Gasteiger partial charge in [-0.05, 0) is 76.0 Å². The Bertz CT molecular complexity index is 148. The van der Waals surface area contributed by atoms with Gasteiger partial charge < -0.3 is 0 Å². The van der Waals surface area contributed by atoms with Crippen molar-refractivity contribution in [1.29, 1.82) is 0 Å².